The van der Waals surface area contributed by atoms with Crippen molar-refractivity contribution in [2.45, 2.75) is 20.3 Å². The molecule has 30 heavy (non-hydrogen) atoms. The van der Waals surface area contributed by atoms with Crippen molar-refractivity contribution in [3.63, 3.8) is 0 Å². The monoisotopic (exact) mass is 426 g/mol. The van der Waals surface area contributed by atoms with E-state index in [1.165, 1.54) is 18.4 Å². The second-order valence-corrected chi connectivity index (χ2v) is 7.04. The minimum Gasteiger partial charge on any atom is -0.497 e. The van der Waals surface area contributed by atoms with Crippen molar-refractivity contribution in [1.29, 1.82) is 0 Å². The van der Waals surface area contributed by atoms with Gasteiger partial charge in [0.05, 0.1) is 31.2 Å². The molecule has 0 atom stereocenters. The number of hydrogen-bond acceptors (Lipinski definition) is 7. The largest absolute Gasteiger partial charge is 0.497 e. The van der Waals surface area contributed by atoms with Gasteiger partial charge in [0.25, 0.3) is 0 Å². The van der Waals surface area contributed by atoms with Crippen LogP contribution in [0.5, 0.6) is 5.75 Å². The van der Waals surface area contributed by atoms with E-state index in [1.54, 1.807) is 20.1 Å². The van der Waals surface area contributed by atoms with Crippen LogP contribution in [-0.4, -0.2) is 25.2 Å². The fourth-order valence-electron chi connectivity index (χ4n) is 2.50. The molecule has 2 rings (SSSR count). The van der Waals surface area contributed by atoms with Crippen LogP contribution in [0.4, 0.5) is 0 Å². The summed E-state index contributed by atoms with van der Waals surface area (Å²) in [5.41, 5.74) is 5.74. The number of nitrogens with zero attached hydrogens (tertiary/aromatic N) is 1. The van der Waals surface area contributed by atoms with Gasteiger partial charge in [0.1, 0.15) is 10.8 Å². The smallest absolute Gasteiger partial charge is 0.346 e. The number of carbonyl (C=O) groups excluding carboxylic acids is 1. The van der Waals surface area contributed by atoms with Crippen molar-refractivity contribution in [3.05, 3.63) is 77.0 Å². The van der Waals surface area contributed by atoms with Gasteiger partial charge in [0, 0.05) is 10.9 Å². The quantitative estimate of drug-likeness (QED) is 0.183. The van der Waals surface area contributed by atoms with E-state index in [9.17, 15) is 4.79 Å². The summed E-state index contributed by atoms with van der Waals surface area (Å²) < 4.78 is 10.9. The molecule has 1 aromatic carbocycles. The maximum absolute atomic E-state index is 12.8. The highest BCUT2D eigenvalue weighted by atomic mass is 32.1. The Hall–Kier alpha value is -3.16. The van der Waals surface area contributed by atoms with Crippen molar-refractivity contribution in [3.8, 4) is 17.0 Å². The first-order chi connectivity index (χ1) is 14.4. The highest BCUT2D eigenvalue weighted by molar-refractivity contribution is 7.11. The highest BCUT2D eigenvalue weighted by Crippen LogP contribution is 2.29. The number of rotatable bonds is 10. The predicted octanol–water partition coefficient (Wildman–Crippen LogP) is 5.28. The number of hydroxylamine groups is 1. The molecule has 0 radical (unpaired) electrons. The molecule has 0 saturated carbocycles. The van der Waals surface area contributed by atoms with E-state index in [0.29, 0.717) is 28.5 Å². The van der Waals surface area contributed by atoms with Gasteiger partial charge in [-0.25, -0.2) is 9.78 Å². The molecule has 0 aliphatic rings. The van der Waals surface area contributed by atoms with Crippen LogP contribution in [-0.2, 0) is 14.4 Å². The summed E-state index contributed by atoms with van der Waals surface area (Å²) in [5, 5.41) is 2.34. The van der Waals surface area contributed by atoms with E-state index < -0.39 is 5.97 Å². The van der Waals surface area contributed by atoms with Crippen LogP contribution in [0.2, 0.25) is 0 Å². The fourth-order valence-corrected chi connectivity index (χ4v) is 3.29. The van der Waals surface area contributed by atoms with Crippen LogP contribution in [0, 0.1) is 0 Å². The number of ether oxygens (including phenoxy) is 2. The van der Waals surface area contributed by atoms with Gasteiger partial charge in [-0.1, -0.05) is 44.4 Å². The minimum absolute atomic E-state index is 0.164. The Morgan fingerprint density at radius 2 is 2.10 bits per heavy atom. The first-order valence-electron chi connectivity index (χ1n) is 9.29. The summed E-state index contributed by atoms with van der Waals surface area (Å²) in [4.78, 5) is 22.3. The molecule has 0 aliphatic carbocycles. The molecule has 0 amide bonds. The Balaban J connectivity index is 2.26. The number of carbonyl (C=O) groups is 1. The summed E-state index contributed by atoms with van der Waals surface area (Å²) in [6, 6.07) is 7.55. The SMILES string of the molecule is C=C/C(C)=C(OC(=O)C(=C)c1nc(-c2cccc(OC)c2)cs1)\C(=C/CC)NOC. The van der Waals surface area contributed by atoms with Gasteiger partial charge in [-0.3, -0.25) is 10.3 Å². The number of nitrogens with one attached hydrogen (secondary N) is 1. The zero-order valence-electron chi connectivity index (χ0n) is 17.7. The number of hydrogen-bond donors (Lipinski definition) is 1. The van der Waals surface area contributed by atoms with Gasteiger partial charge in [0.2, 0.25) is 0 Å². The average Bonchev–Trinajstić information content (AvgIpc) is 3.26. The zero-order chi connectivity index (χ0) is 22.1. The second-order valence-electron chi connectivity index (χ2n) is 6.19. The molecule has 158 valence electrons. The summed E-state index contributed by atoms with van der Waals surface area (Å²) in [6.07, 6.45) is 4.18. The van der Waals surface area contributed by atoms with Gasteiger partial charge in [-0.2, -0.15) is 0 Å². The first-order valence-corrected chi connectivity index (χ1v) is 10.2. The van der Waals surface area contributed by atoms with Crippen LogP contribution >= 0.6 is 11.3 Å². The van der Waals surface area contributed by atoms with Gasteiger partial charge in [-0.05, 0) is 31.1 Å². The Kier molecular flexibility index (Phi) is 8.58. The number of benzene rings is 1. The van der Waals surface area contributed by atoms with Gasteiger partial charge in [-0.15, -0.1) is 11.3 Å². The average molecular weight is 427 g/mol. The number of thiazole rings is 1. The highest BCUT2D eigenvalue weighted by Gasteiger charge is 2.20. The molecule has 0 unspecified atom stereocenters. The Bertz CT molecular complexity index is 989. The number of methoxy groups -OCH3 is 1. The molecule has 0 fully saturated rings. The number of esters is 1. The van der Waals surface area contributed by atoms with Crippen molar-refractivity contribution >= 4 is 22.9 Å². The van der Waals surface area contributed by atoms with E-state index in [4.69, 9.17) is 14.3 Å². The van der Waals surface area contributed by atoms with E-state index in [-0.39, 0.29) is 5.57 Å². The lowest BCUT2D eigenvalue weighted by atomic mass is 10.1. The van der Waals surface area contributed by atoms with Crippen molar-refractivity contribution in [2.75, 3.05) is 14.2 Å². The van der Waals surface area contributed by atoms with Crippen LogP contribution in [0.3, 0.4) is 0 Å². The normalized spacial score (nSPS) is 12.1. The molecule has 0 saturated heterocycles. The number of aromatic nitrogens is 1. The lowest BCUT2D eigenvalue weighted by Gasteiger charge is -2.15. The van der Waals surface area contributed by atoms with Crippen LogP contribution in [0.25, 0.3) is 16.8 Å². The van der Waals surface area contributed by atoms with Crippen LogP contribution < -0.4 is 10.2 Å². The fraction of sp³-hybridized carbons (Fsp3) is 0.217. The Morgan fingerprint density at radius 3 is 2.73 bits per heavy atom. The van der Waals surface area contributed by atoms with Crippen LogP contribution in [0.15, 0.2) is 72.0 Å². The van der Waals surface area contributed by atoms with E-state index in [1.807, 2.05) is 42.6 Å². The number of allylic oxidation sites excluding steroid dienone is 3. The first kappa shape index (κ1) is 23.1. The molecule has 6 nitrogen and oxygen atoms in total. The zero-order valence-corrected chi connectivity index (χ0v) is 18.5. The van der Waals surface area contributed by atoms with Crippen LogP contribution in [0.1, 0.15) is 25.3 Å². The lowest BCUT2D eigenvalue weighted by Crippen LogP contribution is -2.18. The minimum atomic E-state index is -0.599. The standard InChI is InChI=1S/C23H26N2O4S/c1-7-10-19(25-28-6)21(15(3)8-2)29-23(26)16(4)22-24-20(14-30-22)17-11-9-12-18(13-17)27-5/h8-14,25H,2,4,7H2,1,3,5-6H3/b19-10+,21-15+. The van der Waals surface area contributed by atoms with E-state index >= 15 is 0 Å². The van der Waals surface area contributed by atoms with Crippen molar-refractivity contribution in [1.82, 2.24) is 10.5 Å². The lowest BCUT2D eigenvalue weighted by molar-refractivity contribution is -0.132. The molecule has 0 aliphatic heterocycles. The van der Waals surface area contributed by atoms with E-state index in [0.717, 1.165) is 17.0 Å². The molecule has 7 heteroatoms. The van der Waals surface area contributed by atoms with Gasteiger partial charge < -0.3 is 9.47 Å². The molecule has 1 aromatic heterocycles. The Morgan fingerprint density at radius 1 is 1.33 bits per heavy atom. The third-order valence-electron chi connectivity index (χ3n) is 4.10. The molecule has 1 heterocycles. The molecule has 0 spiro atoms. The molecule has 1 N–H and O–H groups in total. The predicted molar refractivity (Wildman–Crippen MR) is 121 cm³/mol. The van der Waals surface area contributed by atoms with Crippen molar-refractivity contribution < 1.29 is 19.1 Å². The maximum atomic E-state index is 12.8. The summed E-state index contributed by atoms with van der Waals surface area (Å²) >= 11 is 1.32. The summed E-state index contributed by atoms with van der Waals surface area (Å²) in [5.74, 6) is 0.456. The Labute approximate surface area is 181 Å². The van der Waals surface area contributed by atoms with E-state index in [2.05, 4.69) is 23.6 Å². The topological polar surface area (TPSA) is 69.7 Å². The molecule has 2 aromatic rings. The molecular formula is C23H26N2O4S. The summed E-state index contributed by atoms with van der Waals surface area (Å²) in [6.45, 7) is 11.4. The second kappa shape index (κ2) is 11.1. The van der Waals surface area contributed by atoms with Gasteiger partial charge in [0.15, 0.2) is 5.76 Å². The maximum Gasteiger partial charge on any atom is 0.346 e. The molecule has 0 bridgehead atoms. The van der Waals surface area contributed by atoms with Gasteiger partial charge >= 0.3 is 5.97 Å². The third kappa shape index (κ3) is 5.68. The third-order valence-corrected chi connectivity index (χ3v) is 5.00. The summed E-state index contributed by atoms with van der Waals surface area (Å²) in [7, 11) is 3.10. The molecular weight excluding hydrogens is 400 g/mol. The van der Waals surface area contributed by atoms with Crippen molar-refractivity contribution in [2.24, 2.45) is 0 Å².